The average molecular weight is 1090 g/mol. The number of fused-ring (bicyclic) bond motifs is 4. The third-order valence-corrected chi connectivity index (χ3v) is 16.9. The Balaban J connectivity index is 0.761. The molecule has 0 fully saturated rings. The molecule has 0 spiro atoms. The Hall–Kier alpha value is -9.02. The molecule has 0 radical (unpaired) electrons. The van der Waals surface area contributed by atoms with Gasteiger partial charge in [0.25, 0.3) is 0 Å². The molecule has 0 saturated carbocycles. The summed E-state index contributed by atoms with van der Waals surface area (Å²) in [6.07, 6.45) is 0. The second kappa shape index (κ2) is 19.9. The lowest BCUT2D eigenvalue weighted by Gasteiger charge is -2.27. The van der Waals surface area contributed by atoms with Crippen molar-refractivity contribution in [3.8, 4) is 23.0 Å². The van der Waals surface area contributed by atoms with Gasteiger partial charge >= 0.3 is 0 Å². The minimum Gasteiger partial charge on any atom is -0.457 e. The molecule has 13 rings (SSSR count). The monoisotopic (exact) mass is 1090 g/mol. The third-order valence-electron chi connectivity index (χ3n) is 16.9. The highest BCUT2D eigenvalue weighted by Gasteiger charge is 2.33. The number of hydrogen-bond acceptors (Lipinski definition) is 10. The lowest BCUT2D eigenvalue weighted by atomic mass is 9.86. The number of nitrogens with zero attached hydrogens (tertiary/aromatic N) is 8. The van der Waals surface area contributed by atoms with Crippen LogP contribution in [0.5, 0.6) is 23.0 Å². The Morgan fingerprint density at radius 1 is 0.317 bits per heavy atom. The summed E-state index contributed by atoms with van der Waals surface area (Å²) < 4.78 is 38.8. The molecule has 0 amide bonds. The number of anilines is 14. The van der Waals surface area contributed by atoms with E-state index in [-0.39, 0.29) is 17.5 Å². The normalized spacial score (nSPS) is 15.4. The van der Waals surface area contributed by atoms with Crippen molar-refractivity contribution in [3.63, 3.8) is 0 Å². The van der Waals surface area contributed by atoms with E-state index >= 15 is 0 Å². The van der Waals surface area contributed by atoms with Crippen LogP contribution in [0.25, 0.3) is 0 Å². The first kappa shape index (κ1) is 48.8. The van der Waals surface area contributed by atoms with Gasteiger partial charge in [-0.25, -0.2) is 0 Å². The van der Waals surface area contributed by atoms with Crippen molar-refractivity contribution in [1.82, 2.24) is 0 Å². The second-order valence-electron chi connectivity index (χ2n) is 24.7. The SMILES string of the molecule is [2H]C([2H])([2H])N1CN(c2cccc(Oc3cc(N4CN(c5ccc(N6CN(c7cc(Oc8cccc(N9CN(C)c%10cc(C)c(C)cc%109)c8)cc(C(C)(C)C)c7)c7ccccc76)cc5)c5ccccc54)cc(C(C)(C)C)c3)c2)c2cc(C)c(C)cc21. The van der Waals surface area contributed by atoms with Gasteiger partial charge in [-0.05, 0) is 193 Å². The van der Waals surface area contributed by atoms with Crippen molar-refractivity contribution in [2.75, 3.05) is 79.9 Å². The van der Waals surface area contributed by atoms with Gasteiger partial charge in [0.2, 0.25) is 0 Å². The van der Waals surface area contributed by atoms with E-state index in [1.54, 1.807) is 0 Å². The summed E-state index contributed by atoms with van der Waals surface area (Å²) in [6.45, 7) is 21.8. The van der Waals surface area contributed by atoms with Gasteiger partial charge in [0.15, 0.2) is 0 Å². The molecule has 9 aromatic rings. The fourth-order valence-corrected chi connectivity index (χ4v) is 11.9. The Bertz CT molecular complexity index is 4070. The minimum atomic E-state index is -2.29. The molecule has 0 saturated heterocycles. The standard InChI is InChI=1S/C72H74N8O2/c1-47-31-67-69(33-49(47)3)75(43-73(67)11)55-19-17-21-59(39-55)81-61-37-51(71(5,6)7)35-57(41-61)79-45-77(63-23-13-15-25-65(63)79)53-27-29-54(30-28-53)78-46-80(66-26-16-14-24-64(66)78)58-36-52(72(8,9)10)38-62(42-58)82-60-22-18-20-56(40-60)76-44-74(12)68-32-48(2)50(4)34-70(68)76/h13-42H,43-46H2,1-12H3/i11D3. The number of para-hydroxylation sites is 4. The van der Waals surface area contributed by atoms with E-state index in [0.29, 0.717) is 24.8 Å². The van der Waals surface area contributed by atoms with Crippen LogP contribution in [-0.4, -0.2) is 40.7 Å². The van der Waals surface area contributed by atoms with E-state index in [4.69, 9.17) is 13.6 Å². The maximum absolute atomic E-state index is 8.37. The predicted molar refractivity (Wildman–Crippen MR) is 344 cm³/mol. The summed E-state index contributed by atoms with van der Waals surface area (Å²) >= 11 is 0. The molecular formula is C72H74N8O2. The molecule has 0 bridgehead atoms. The van der Waals surface area contributed by atoms with Gasteiger partial charge in [0, 0.05) is 76.5 Å². The zero-order chi connectivity index (χ0) is 59.4. The van der Waals surface area contributed by atoms with Crippen molar-refractivity contribution in [1.29, 1.82) is 0 Å². The third kappa shape index (κ3) is 9.53. The number of rotatable bonds is 10. The van der Waals surface area contributed by atoms with Crippen molar-refractivity contribution in [3.05, 3.63) is 215 Å². The lowest BCUT2D eigenvalue weighted by molar-refractivity contribution is 0.478. The first-order chi connectivity index (χ1) is 40.5. The number of aryl methyl sites for hydroxylation is 4. The fraction of sp³-hybridized carbons (Fsp3) is 0.250. The van der Waals surface area contributed by atoms with Crippen molar-refractivity contribution >= 4 is 79.6 Å². The smallest absolute Gasteiger partial charge is 0.129 e. The molecule has 4 heterocycles. The molecule has 0 aliphatic carbocycles. The zero-order valence-electron chi connectivity index (χ0n) is 52.0. The molecule has 82 heavy (non-hydrogen) atoms. The van der Waals surface area contributed by atoms with Crippen LogP contribution in [-0.2, 0) is 10.8 Å². The van der Waals surface area contributed by atoms with E-state index in [1.165, 1.54) is 33.0 Å². The quantitative estimate of drug-likeness (QED) is 0.132. The molecular weight excluding hydrogens is 1010 g/mol. The first-order valence-corrected chi connectivity index (χ1v) is 28.5. The highest BCUT2D eigenvalue weighted by atomic mass is 16.5. The van der Waals surface area contributed by atoms with Gasteiger partial charge in [-0.15, -0.1) is 0 Å². The van der Waals surface area contributed by atoms with Gasteiger partial charge < -0.3 is 48.7 Å². The topological polar surface area (TPSA) is 44.4 Å². The van der Waals surface area contributed by atoms with Crippen LogP contribution in [0, 0.1) is 27.7 Å². The van der Waals surface area contributed by atoms with Crippen LogP contribution in [0.2, 0.25) is 0 Å². The van der Waals surface area contributed by atoms with Gasteiger partial charge in [-0.3, -0.25) is 0 Å². The first-order valence-electron chi connectivity index (χ1n) is 30.0. The van der Waals surface area contributed by atoms with Crippen LogP contribution >= 0.6 is 0 Å². The van der Waals surface area contributed by atoms with Crippen LogP contribution in [0.3, 0.4) is 0 Å². The summed E-state index contributed by atoms with van der Waals surface area (Å²) in [5.41, 5.74) is 21.5. The molecule has 0 unspecified atom stereocenters. The highest BCUT2D eigenvalue weighted by molar-refractivity contribution is 5.91. The van der Waals surface area contributed by atoms with Gasteiger partial charge in [0.1, 0.15) is 36.3 Å². The van der Waals surface area contributed by atoms with E-state index in [1.807, 2.05) is 37.3 Å². The maximum atomic E-state index is 8.37. The van der Waals surface area contributed by atoms with Gasteiger partial charge in [0.05, 0.1) is 58.8 Å². The molecule has 0 N–H and O–H groups in total. The lowest BCUT2D eigenvalue weighted by Crippen LogP contribution is -2.25. The van der Waals surface area contributed by atoms with Crippen LogP contribution < -0.4 is 48.7 Å². The van der Waals surface area contributed by atoms with Crippen molar-refractivity contribution in [2.45, 2.75) is 80.1 Å². The molecule has 9 aromatic carbocycles. The molecule has 414 valence electrons. The molecule has 4 aliphatic heterocycles. The Kier molecular flexibility index (Phi) is 11.9. The van der Waals surface area contributed by atoms with Crippen LogP contribution in [0.4, 0.5) is 79.6 Å². The Morgan fingerprint density at radius 3 is 1.05 bits per heavy atom. The molecule has 0 aromatic heterocycles. The highest BCUT2D eigenvalue weighted by Crippen LogP contribution is 2.50. The fourth-order valence-electron chi connectivity index (χ4n) is 11.9. The number of hydrogen-bond donors (Lipinski definition) is 0. The van der Waals surface area contributed by atoms with E-state index in [0.717, 1.165) is 103 Å². The summed E-state index contributed by atoms with van der Waals surface area (Å²) in [4.78, 5) is 17.8. The predicted octanol–water partition coefficient (Wildman–Crippen LogP) is 18.7. The van der Waals surface area contributed by atoms with Crippen molar-refractivity contribution < 1.29 is 13.6 Å². The molecule has 10 nitrogen and oxygen atoms in total. The van der Waals surface area contributed by atoms with Crippen molar-refractivity contribution in [2.24, 2.45) is 0 Å². The number of benzene rings is 9. The van der Waals surface area contributed by atoms with Gasteiger partial charge in [-0.1, -0.05) is 77.9 Å². The van der Waals surface area contributed by atoms with E-state index in [2.05, 4.69) is 255 Å². The summed E-state index contributed by atoms with van der Waals surface area (Å²) in [5, 5.41) is 0. The minimum absolute atomic E-state index is 0.136. The van der Waals surface area contributed by atoms with Crippen LogP contribution in [0.15, 0.2) is 182 Å². The number of ether oxygens (including phenoxy) is 2. The Morgan fingerprint density at radius 2 is 0.659 bits per heavy atom. The largest absolute Gasteiger partial charge is 0.457 e. The molecule has 0 atom stereocenters. The summed E-state index contributed by atoms with van der Waals surface area (Å²) in [5.74, 6) is 2.97. The Labute approximate surface area is 489 Å². The van der Waals surface area contributed by atoms with Gasteiger partial charge in [-0.2, -0.15) is 0 Å². The van der Waals surface area contributed by atoms with E-state index < -0.39 is 6.98 Å². The molecule has 4 aliphatic rings. The summed E-state index contributed by atoms with van der Waals surface area (Å²) in [7, 11) is 2.16. The van der Waals surface area contributed by atoms with Crippen LogP contribution in [0.1, 0.15) is 79.0 Å². The molecule has 10 heteroatoms. The second-order valence-corrected chi connectivity index (χ2v) is 24.7. The zero-order valence-corrected chi connectivity index (χ0v) is 49.0. The summed E-state index contributed by atoms with van der Waals surface area (Å²) in [6, 6.07) is 64.7. The van der Waals surface area contributed by atoms with E-state index in [9.17, 15) is 0 Å². The maximum Gasteiger partial charge on any atom is 0.129 e. The average Bonchev–Trinajstić information content (AvgIpc) is 1.95.